The summed E-state index contributed by atoms with van der Waals surface area (Å²) in [5.41, 5.74) is 2.36. The first kappa shape index (κ1) is 25.8. The van der Waals surface area contributed by atoms with E-state index in [1.54, 1.807) is 40.3 Å². The van der Waals surface area contributed by atoms with Crippen LogP contribution in [0.3, 0.4) is 0 Å². The van der Waals surface area contributed by atoms with Crippen molar-refractivity contribution < 1.29 is 14.4 Å². The number of carbonyl (C=O) groups is 3. The topological polar surface area (TPSA) is 120 Å². The molecule has 37 heavy (non-hydrogen) atoms. The van der Waals surface area contributed by atoms with Crippen LogP contribution in [0.4, 0.5) is 21.4 Å². The van der Waals surface area contributed by atoms with Crippen molar-refractivity contribution in [2.45, 2.75) is 13.8 Å². The molecule has 4 amide bonds. The van der Waals surface area contributed by atoms with Crippen LogP contribution >= 0.6 is 11.3 Å². The van der Waals surface area contributed by atoms with E-state index in [1.165, 1.54) is 17.4 Å². The number of pyridine rings is 1. The Labute approximate surface area is 219 Å². The number of benzene rings is 1. The molecule has 0 aliphatic carbocycles. The van der Waals surface area contributed by atoms with Crippen molar-refractivity contribution >= 4 is 45.8 Å². The van der Waals surface area contributed by atoms with Crippen LogP contribution in [0.5, 0.6) is 0 Å². The summed E-state index contributed by atoms with van der Waals surface area (Å²) in [6.07, 6.45) is 2.97. The van der Waals surface area contributed by atoms with Crippen LogP contribution in [0.1, 0.15) is 22.2 Å². The first-order chi connectivity index (χ1) is 17.9. The third kappa shape index (κ3) is 6.50. The van der Waals surface area contributed by atoms with E-state index in [9.17, 15) is 14.4 Å². The monoisotopic (exact) mass is 519 g/mol. The lowest BCUT2D eigenvalue weighted by molar-refractivity contribution is -0.111. The smallest absolute Gasteiger partial charge is 0.317 e. The molecular formula is C26H29N7O3S. The summed E-state index contributed by atoms with van der Waals surface area (Å²) in [5, 5.41) is 9.42. The van der Waals surface area contributed by atoms with Crippen molar-refractivity contribution in [2.24, 2.45) is 0 Å². The zero-order valence-corrected chi connectivity index (χ0v) is 21.6. The Hall–Kier alpha value is -4.25. The molecule has 3 N–H and O–H groups in total. The number of piperazine rings is 1. The normalized spacial score (nSPS) is 13.1. The molecule has 0 saturated carbocycles. The van der Waals surface area contributed by atoms with Crippen molar-refractivity contribution in [3.8, 4) is 11.3 Å². The van der Waals surface area contributed by atoms with Gasteiger partial charge in [-0.2, -0.15) is 0 Å². The molecule has 1 aliphatic rings. The molecule has 0 bridgehead atoms. The van der Waals surface area contributed by atoms with Gasteiger partial charge in [0.25, 0.3) is 5.91 Å². The summed E-state index contributed by atoms with van der Waals surface area (Å²) < 4.78 is 0. The average Bonchev–Trinajstić information content (AvgIpc) is 3.32. The largest absolute Gasteiger partial charge is 0.338 e. The fourth-order valence-electron chi connectivity index (χ4n) is 3.90. The molecule has 0 atom stereocenters. The Morgan fingerprint density at radius 1 is 1.11 bits per heavy atom. The number of urea groups is 1. The molecule has 0 radical (unpaired) electrons. The van der Waals surface area contributed by atoms with E-state index in [0.29, 0.717) is 60.6 Å². The Balaban J connectivity index is 1.62. The second-order valence-electron chi connectivity index (χ2n) is 8.42. The number of aromatic nitrogens is 2. The number of hydrogen-bond acceptors (Lipinski definition) is 7. The van der Waals surface area contributed by atoms with Gasteiger partial charge in [0.1, 0.15) is 5.82 Å². The minimum Gasteiger partial charge on any atom is -0.338 e. The van der Waals surface area contributed by atoms with Gasteiger partial charge in [0.05, 0.1) is 5.69 Å². The van der Waals surface area contributed by atoms with Crippen molar-refractivity contribution in [3.05, 3.63) is 65.7 Å². The lowest BCUT2D eigenvalue weighted by Crippen LogP contribution is -2.53. The molecule has 10 nitrogen and oxygen atoms in total. The van der Waals surface area contributed by atoms with Gasteiger partial charge < -0.3 is 25.8 Å². The summed E-state index contributed by atoms with van der Waals surface area (Å²) in [6.45, 7) is 9.68. The lowest BCUT2D eigenvalue weighted by atomic mass is 10.1. The average molecular weight is 520 g/mol. The van der Waals surface area contributed by atoms with E-state index >= 15 is 0 Å². The van der Waals surface area contributed by atoms with Gasteiger partial charge in [-0.25, -0.2) is 14.8 Å². The molecule has 1 aliphatic heterocycles. The molecule has 4 rings (SSSR count). The maximum absolute atomic E-state index is 13.5. The highest BCUT2D eigenvalue weighted by Gasteiger charge is 2.25. The maximum Gasteiger partial charge on any atom is 0.317 e. The van der Waals surface area contributed by atoms with Crippen molar-refractivity contribution in [2.75, 3.05) is 43.4 Å². The van der Waals surface area contributed by atoms with Crippen molar-refractivity contribution in [1.82, 2.24) is 25.1 Å². The van der Waals surface area contributed by atoms with Gasteiger partial charge in [0.15, 0.2) is 5.13 Å². The van der Waals surface area contributed by atoms with Crippen LogP contribution in [0.15, 0.2) is 55.3 Å². The van der Waals surface area contributed by atoms with Crippen LogP contribution < -0.4 is 16.0 Å². The number of rotatable bonds is 7. The summed E-state index contributed by atoms with van der Waals surface area (Å²) in [6, 6.07) is 10.6. The third-order valence-electron chi connectivity index (χ3n) is 5.72. The molecule has 2 aromatic heterocycles. The standard InChI is InChI=1S/C26H29N7O3S/c1-4-23(34)29-20-8-6-7-18(13-20)21-14-19(15-22(30-21)31-25-28-16-17(3)37-25)24(35)32-9-11-33(12-10-32)26(36)27-5-2/h4,6-8,13-16H,1,5,9-12H2,2-3H3,(H,27,36)(H,29,34)(H,28,30,31). The van der Waals surface area contributed by atoms with Crippen LogP contribution in [0.2, 0.25) is 0 Å². The van der Waals surface area contributed by atoms with Crippen LogP contribution in [-0.4, -0.2) is 70.3 Å². The number of amides is 4. The van der Waals surface area contributed by atoms with Crippen LogP contribution in [-0.2, 0) is 4.79 Å². The van der Waals surface area contributed by atoms with Gasteiger partial charge in [-0.05, 0) is 44.2 Å². The number of aryl methyl sites for hydroxylation is 1. The molecule has 1 aromatic carbocycles. The van der Waals surface area contributed by atoms with Gasteiger partial charge in [0, 0.05) is 60.6 Å². The van der Waals surface area contributed by atoms with Gasteiger partial charge in [0.2, 0.25) is 5.91 Å². The molecule has 1 saturated heterocycles. The van der Waals surface area contributed by atoms with Gasteiger partial charge in [-0.15, -0.1) is 11.3 Å². The fourth-order valence-corrected chi connectivity index (χ4v) is 4.57. The Kier molecular flexibility index (Phi) is 8.14. The molecule has 192 valence electrons. The van der Waals surface area contributed by atoms with E-state index in [-0.39, 0.29) is 17.8 Å². The van der Waals surface area contributed by atoms with E-state index in [2.05, 4.69) is 27.5 Å². The molecule has 0 spiro atoms. The number of hydrogen-bond donors (Lipinski definition) is 3. The summed E-state index contributed by atoms with van der Waals surface area (Å²) >= 11 is 1.49. The maximum atomic E-state index is 13.5. The van der Waals surface area contributed by atoms with Gasteiger partial charge in [-0.1, -0.05) is 18.7 Å². The minimum absolute atomic E-state index is 0.116. The van der Waals surface area contributed by atoms with E-state index in [0.717, 1.165) is 10.4 Å². The summed E-state index contributed by atoms with van der Waals surface area (Å²) in [7, 11) is 0. The number of thiazole rings is 1. The van der Waals surface area contributed by atoms with Crippen molar-refractivity contribution in [1.29, 1.82) is 0 Å². The predicted octanol–water partition coefficient (Wildman–Crippen LogP) is 3.87. The van der Waals surface area contributed by atoms with Gasteiger partial charge in [-0.3, -0.25) is 9.59 Å². The van der Waals surface area contributed by atoms with E-state index in [4.69, 9.17) is 4.98 Å². The number of nitrogens with zero attached hydrogens (tertiary/aromatic N) is 4. The molecule has 11 heteroatoms. The highest BCUT2D eigenvalue weighted by molar-refractivity contribution is 7.15. The SMILES string of the molecule is C=CC(=O)Nc1cccc(-c2cc(C(=O)N3CCN(C(=O)NCC)CC3)cc(Nc3ncc(C)s3)n2)c1. The number of anilines is 3. The first-order valence-electron chi connectivity index (χ1n) is 11.9. The Morgan fingerprint density at radius 2 is 1.86 bits per heavy atom. The zero-order chi connectivity index (χ0) is 26.4. The summed E-state index contributed by atoms with van der Waals surface area (Å²) in [4.78, 5) is 51.0. The predicted molar refractivity (Wildman–Crippen MR) is 145 cm³/mol. The number of carbonyl (C=O) groups excluding carboxylic acids is 3. The summed E-state index contributed by atoms with van der Waals surface area (Å²) in [5.74, 6) is 0.0210. The number of nitrogens with one attached hydrogen (secondary N) is 3. The van der Waals surface area contributed by atoms with Crippen LogP contribution in [0, 0.1) is 6.92 Å². The highest BCUT2D eigenvalue weighted by atomic mass is 32.1. The highest BCUT2D eigenvalue weighted by Crippen LogP contribution is 2.27. The van der Waals surface area contributed by atoms with Crippen LogP contribution in [0.25, 0.3) is 11.3 Å². The Bertz CT molecular complexity index is 1320. The minimum atomic E-state index is -0.317. The lowest BCUT2D eigenvalue weighted by Gasteiger charge is -2.34. The second kappa shape index (κ2) is 11.7. The quantitative estimate of drug-likeness (QED) is 0.408. The molecule has 3 aromatic rings. The van der Waals surface area contributed by atoms with E-state index < -0.39 is 0 Å². The van der Waals surface area contributed by atoms with Gasteiger partial charge >= 0.3 is 6.03 Å². The fraction of sp³-hybridized carbons (Fsp3) is 0.269. The molecular weight excluding hydrogens is 490 g/mol. The first-order valence-corrected chi connectivity index (χ1v) is 12.8. The second-order valence-corrected chi connectivity index (χ2v) is 9.65. The Morgan fingerprint density at radius 3 is 2.54 bits per heavy atom. The van der Waals surface area contributed by atoms with E-state index in [1.807, 2.05) is 26.0 Å². The third-order valence-corrected chi connectivity index (χ3v) is 6.55. The van der Waals surface area contributed by atoms with Crippen molar-refractivity contribution in [3.63, 3.8) is 0 Å². The molecule has 0 unspecified atom stereocenters. The molecule has 3 heterocycles. The zero-order valence-electron chi connectivity index (χ0n) is 20.8. The molecule has 1 fully saturated rings.